The van der Waals surface area contributed by atoms with E-state index in [4.69, 9.17) is 4.74 Å². The third-order valence-corrected chi connectivity index (χ3v) is 3.58. The van der Waals surface area contributed by atoms with Gasteiger partial charge in [0.15, 0.2) is 0 Å². The van der Waals surface area contributed by atoms with Gasteiger partial charge in [0.1, 0.15) is 23.0 Å². The van der Waals surface area contributed by atoms with Gasteiger partial charge in [-0.05, 0) is 56.7 Å². The Balaban J connectivity index is 2.09. The summed E-state index contributed by atoms with van der Waals surface area (Å²) in [7, 11) is 1.48. The van der Waals surface area contributed by atoms with Gasteiger partial charge in [0, 0.05) is 30.1 Å². The molecule has 2 aromatic rings. The van der Waals surface area contributed by atoms with Crippen molar-refractivity contribution in [2.45, 2.75) is 39.2 Å². The molecular formula is C20H23FN2O3. The fourth-order valence-electron chi connectivity index (χ4n) is 2.50. The van der Waals surface area contributed by atoms with Crippen molar-refractivity contribution in [3.63, 3.8) is 0 Å². The Morgan fingerprint density at radius 3 is 2.54 bits per heavy atom. The van der Waals surface area contributed by atoms with E-state index in [1.807, 2.05) is 20.8 Å². The average Bonchev–Trinajstić information content (AvgIpc) is 2.53. The lowest BCUT2D eigenvalue weighted by molar-refractivity contribution is -0.117. The van der Waals surface area contributed by atoms with E-state index in [-0.39, 0.29) is 35.8 Å². The highest BCUT2D eigenvalue weighted by atomic mass is 19.1. The van der Waals surface area contributed by atoms with Crippen LogP contribution in [-0.2, 0) is 17.6 Å². The molecule has 0 aliphatic rings. The summed E-state index contributed by atoms with van der Waals surface area (Å²) in [5, 5.41) is 2.83. The molecule has 1 aromatic carbocycles. The van der Waals surface area contributed by atoms with Crippen LogP contribution in [-0.4, -0.2) is 29.3 Å². The first-order valence-electron chi connectivity index (χ1n) is 8.29. The summed E-state index contributed by atoms with van der Waals surface area (Å²) >= 11 is 0. The van der Waals surface area contributed by atoms with Crippen molar-refractivity contribution in [1.29, 1.82) is 0 Å². The van der Waals surface area contributed by atoms with E-state index in [0.717, 1.165) is 0 Å². The van der Waals surface area contributed by atoms with Crippen molar-refractivity contribution >= 4 is 11.7 Å². The standard InChI is InChI=1S/C20H23FN2O3/c1-20(2,3)23-19(25)17-10-13(7-8-22-17)9-16(24)12-14-11-15(21)5-6-18(14)26-4/h5-8,10-11H,9,12H2,1-4H3,(H,23,25). The Morgan fingerprint density at radius 1 is 1.15 bits per heavy atom. The third-order valence-electron chi connectivity index (χ3n) is 3.58. The predicted molar refractivity (Wildman–Crippen MR) is 96.8 cm³/mol. The van der Waals surface area contributed by atoms with Crippen molar-refractivity contribution in [3.8, 4) is 5.75 Å². The van der Waals surface area contributed by atoms with Gasteiger partial charge in [-0.25, -0.2) is 4.39 Å². The normalized spacial score (nSPS) is 11.1. The Morgan fingerprint density at radius 2 is 1.88 bits per heavy atom. The number of rotatable bonds is 6. The number of amides is 1. The molecule has 0 atom stereocenters. The molecule has 1 aromatic heterocycles. The molecule has 0 saturated carbocycles. The van der Waals surface area contributed by atoms with Crippen molar-refractivity contribution in [2.75, 3.05) is 7.11 Å². The summed E-state index contributed by atoms with van der Waals surface area (Å²) in [6.07, 6.45) is 1.67. The summed E-state index contributed by atoms with van der Waals surface area (Å²) in [5.74, 6) is -0.348. The van der Waals surface area contributed by atoms with E-state index < -0.39 is 5.82 Å². The monoisotopic (exact) mass is 358 g/mol. The van der Waals surface area contributed by atoms with Crippen LogP contribution in [0.25, 0.3) is 0 Å². The molecule has 0 spiro atoms. The molecule has 0 radical (unpaired) electrons. The highest BCUT2D eigenvalue weighted by Crippen LogP contribution is 2.20. The van der Waals surface area contributed by atoms with Crippen LogP contribution in [0.1, 0.15) is 42.4 Å². The lowest BCUT2D eigenvalue weighted by atomic mass is 10.0. The number of ether oxygens (including phenoxy) is 1. The summed E-state index contributed by atoms with van der Waals surface area (Å²) in [6.45, 7) is 5.64. The molecule has 26 heavy (non-hydrogen) atoms. The first-order chi connectivity index (χ1) is 12.2. The van der Waals surface area contributed by atoms with Gasteiger partial charge in [-0.1, -0.05) is 0 Å². The van der Waals surface area contributed by atoms with Crippen LogP contribution in [0.5, 0.6) is 5.75 Å². The number of ketones is 1. The van der Waals surface area contributed by atoms with E-state index in [2.05, 4.69) is 10.3 Å². The molecule has 0 unspecified atom stereocenters. The largest absolute Gasteiger partial charge is 0.496 e. The summed E-state index contributed by atoms with van der Waals surface area (Å²) in [4.78, 5) is 28.6. The molecule has 1 heterocycles. The van der Waals surface area contributed by atoms with Crippen molar-refractivity contribution < 1.29 is 18.7 Å². The van der Waals surface area contributed by atoms with Crippen LogP contribution in [0.2, 0.25) is 0 Å². The predicted octanol–water partition coefficient (Wildman–Crippen LogP) is 3.11. The zero-order chi connectivity index (χ0) is 19.3. The quantitative estimate of drug-likeness (QED) is 0.861. The van der Waals surface area contributed by atoms with Gasteiger partial charge < -0.3 is 10.1 Å². The molecule has 138 valence electrons. The number of Topliss-reactive ketones (excluding diaryl/α,β-unsaturated/α-hetero) is 1. The van der Waals surface area contributed by atoms with Crippen molar-refractivity contribution in [2.24, 2.45) is 0 Å². The lowest BCUT2D eigenvalue weighted by Crippen LogP contribution is -2.40. The number of carbonyl (C=O) groups excluding carboxylic acids is 2. The number of hydrogen-bond acceptors (Lipinski definition) is 4. The highest BCUT2D eigenvalue weighted by Gasteiger charge is 2.17. The summed E-state index contributed by atoms with van der Waals surface area (Å²) in [5.41, 5.74) is 1.06. The fourth-order valence-corrected chi connectivity index (χ4v) is 2.50. The summed E-state index contributed by atoms with van der Waals surface area (Å²) < 4.78 is 18.6. The SMILES string of the molecule is COc1ccc(F)cc1CC(=O)Cc1ccnc(C(=O)NC(C)(C)C)c1. The molecule has 1 amide bonds. The number of pyridine rings is 1. The first-order valence-corrected chi connectivity index (χ1v) is 8.29. The second-order valence-electron chi connectivity index (χ2n) is 7.10. The number of hydrogen-bond donors (Lipinski definition) is 1. The lowest BCUT2D eigenvalue weighted by Gasteiger charge is -2.20. The van der Waals surface area contributed by atoms with Crippen LogP contribution in [0.15, 0.2) is 36.5 Å². The Hall–Kier alpha value is -2.76. The topological polar surface area (TPSA) is 68.3 Å². The number of nitrogens with one attached hydrogen (secondary N) is 1. The van der Waals surface area contributed by atoms with Gasteiger partial charge >= 0.3 is 0 Å². The Kier molecular flexibility index (Phi) is 6.08. The third kappa shape index (κ3) is 5.65. The number of methoxy groups -OCH3 is 1. The van der Waals surface area contributed by atoms with E-state index in [1.54, 1.807) is 12.1 Å². The maximum Gasteiger partial charge on any atom is 0.270 e. The molecule has 0 saturated heterocycles. The molecule has 0 aliphatic heterocycles. The Bertz CT molecular complexity index is 813. The number of nitrogens with zero attached hydrogens (tertiary/aromatic N) is 1. The van der Waals surface area contributed by atoms with E-state index in [0.29, 0.717) is 16.9 Å². The van der Waals surface area contributed by atoms with Crippen LogP contribution in [0, 0.1) is 5.82 Å². The fraction of sp³-hybridized carbons (Fsp3) is 0.350. The van der Waals surface area contributed by atoms with Gasteiger partial charge in [-0.2, -0.15) is 0 Å². The molecule has 0 bridgehead atoms. The number of benzene rings is 1. The van der Waals surface area contributed by atoms with Crippen LogP contribution < -0.4 is 10.1 Å². The van der Waals surface area contributed by atoms with Crippen LogP contribution in [0.3, 0.4) is 0 Å². The van der Waals surface area contributed by atoms with Gasteiger partial charge in [0.2, 0.25) is 0 Å². The zero-order valence-electron chi connectivity index (χ0n) is 15.4. The van der Waals surface area contributed by atoms with Gasteiger partial charge in [0.25, 0.3) is 5.91 Å². The molecule has 2 rings (SSSR count). The minimum atomic E-state index is -0.418. The van der Waals surface area contributed by atoms with Crippen molar-refractivity contribution in [1.82, 2.24) is 10.3 Å². The first kappa shape index (κ1) is 19.6. The van der Waals surface area contributed by atoms with Crippen LogP contribution in [0.4, 0.5) is 4.39 Å². The van der Waals surface area contributed by atoms with Crippen molar-refractivity contribution in [3.05, 3.63) is 59.2 Å². The van der Waals surface area contributed by atoms with E-state index >= 15 is 0 Å². The maximum absolute atomic E-state index is 13.4. The maximum atomic E-state index is 13.4. The van der Waals surface area contributed by atoms with Crippen LogP contribution >= 0.6 is 0 Å². The molecule has 0 fully saturated rings. The summed E-state index contributed by atoms with van der Waals surface area (Å²) in [6, 6.07) is 7.37. The molecule has 6 heteroatoms. The average molecular weight is 358 g/mol. The molecule has 5 nitrogen and oxygen atoms in total. The smallest absolute Gasteiger partial charge is 0.270 e. The highest BCUT2D eigenvalue weighted by molar-refractivity contribution is 5.93. The van der Waals surface area contributed by atoms with Gasteiger partial charge in [-0.3, -0.25) is 14.6 Å². The molecule has 0 aliphatic carbocycles. The Labute approximate surface area is 152 Å². The number of halogens is 1. The zero-order valence-corrected chi connectivity index (χ0v) is 15.4. The number of aromatic nitrogens is 1. The van der Waals surface area contributed by atoms with E-state index in [1.165, 1.54) is 31.5 Å². The minimum absolute atomic E-state index is 0.0484. The van der Waals surface area contributed by atoms with Gasteiger partial charge in [-0.15, -0.1) is 0 Å². The van der Waals surface area contributed by atoms with E-state index in [9.17, 15) is 14.0 Å². The second-order valence-corrected chi connectivity index (χ2v) is 7.10. The second kappa shape index (κ2) is 8.08. The number of carbonyl (C=O) groups is 2. The molecular weight excluding hydrogens is 335 g/mol. The molecule has 1 N–H and O–H groups in total. The van der Waals surface area contributed by atoms with Gasteiger partial charge in [0.05, 0.1) is 7.11 Å². The minimum Gasteiger partial charge on any atom is -0.496 e.